The molecule has 0 spiro atoms. The van der Waals surface area contributed by atoms with Crippen molar-refractivity contribution in [2.45, 2.75) is 12.8 Å². The molecule has 0 aromatic heterocycles. The Labute approximate surface area is 125 Å². The van der Waals surface area contributed by atoms with E-state index in [0.717, 1.165) is 11.1 Å². The van der Waals surface area contributed by atoms with Crippen molar-refractivity contribution >= 4 is 7.69 Å². The van der Waals surface area contributed by atoms with E-state index in [4.69, 9.17) is 19.5 Å². The van der Waals surface area contributed by atoms with Gasteiger partial charge in [-0.1, -0.05) is 24.3 Å². The highest BCUT2D eigenvalue weighted by Gasteiger charge is 2.02. The minimum Gasteiger partial charge on any atom is -0.529 e. The van der Waals surface area contributed by atoms with Gasteiger partial charge in [0.05, 0.1) is 0 Å². The molecule has 0 unspecified atom stereocenters. The summed E-state index contributed by atoms with van der Waals surface area (Å²) in [6, 6.07) is 15.2. The number of hydrogen-bond donors (Lipinski definition) is 2. The molecule has 0 bridgehead atoms. The Morgan fingerprint density at radius 3 is 1.67 bits per heavy atom. The van der Waals surface area contributed by atoms with E-state index in [1.54, 1.807) is 0 Å². The number of aliphatic hydroxyl groups excluding tert-OH is 2. The SMILES string of the molecule is OCCc1cccc(OBOc2cccc(CCO)c2)c1. The minimum atomic E-state index is 0.116. The highest BCUT2D eigenvalue weighted by molar-refractivity contribution is 6.20. The van der Waals surface area contributed by atoms with Gasteiger partial charge in [-0.3, -0.25) is 0 Å². The van der Waals surface area contributed by atoms with Gasteiger partial charge in [-0.15, -0.1) is 0 Å². The third-order valence-electron chi connectivity index (χ3n) is 3.05. The predicted octanol–water partition coefficient (Wildman–Crippen LogP) is 1.48. The molecule has 0 fully saturated rings. The zero-order valence-electron chi connectivity index (χ0n) is 11.9. The first-order valence-corrected chi connectivity index (χ1v) is 6.97. The van der Waals surface area contributed by atoms with Crippen LogP contribution in [0.15, 0.2) is 48.5 Å². The molecule has 4 nitrogen and oxygen atoms in total. The molecule has 0 aliphatic heterocycles. The summed E-state index contributed by atoms with van der Waals surface area (Å²) in [5.41, 5.74) is 2.06. The quantitative estimate of drug-likeness (QED) is 0.722. The zero-order chi connectivity index (χ0) is 14.9. The van der Waals surface area contributed by atoms with Gasteiger partial charge >= 0.3 is 7.69 Å². The molecule has 0 saturated carbocycles. The molecule has 0 heterocycles. The van der Waals surface area contributed by atoms with Gasteiger partial charge in [-0.2, -0.15) is 0 Å². The maximum atomic E-state index is 8.92. The standard InChI is InChI=1S/C16H19BO4/c18-9-7-13-3-1-5-15(11-13)20-17-21-16-6-2-4-14(12-16)8-10-19/h1-6,11-12,17-19H,7-10H2. The summed E-state index contributed by atoms with van der Waals surface area (Å²) in [6.07, 6.45) is 1.22. The Morgan fingerprint density at radius 1 is 0.762 bits per heavy atom. The van der Waals surface area contributed by atoms with E-state index < -0.39 is 0 Å². The molecule has 2 aromatic carbocycles. The second-order valence-corrected chi connectivity index (χ2v) is 4.65. The largest absolute Gasteiger partial charge is 0.576 e. The molecule has 2 rings (SSSR count). The molecule has 0 radical (unpaired) electrons. The van der Waals surface area contributed by atoms with E-state index in [1.807, 2.05) is 48.5 Å². The maximum absolute atomic E-state index is 8.92. The van der Waals surface area contributed by atoms with Crippen LogP contribution >= 0.6 is 0 Å². The van der Waals surface area contributed by atoms with Crippen molar-refractivity contribution in [1.82, 2.24) is 0 Å². The Kier molecular flexibility index (Phi) is 6.12. The van der Waals surface area contributed by atoms with Crippen LogP contribution in [0.3, 0.4) is 0 Å². The van der Waals surface area contributed by atoms with Crippen molar-refractivity contribution in [3.63, 3.8) is 0 Å². The molecule has 5 heteroatoms. The normalized spacial score (nSPS) is 10.2. The number of rotatable bonds is 8. The van der Waals surface area contributed by atoms with Crippen LogP contribution in [0.25, 0.3) is 0 Å². The van der Waals surface area contributed by atoms with E-state index >= 15 is 0 Å². The zero-order valence-corrected chi connectivity index (χ0v) is 11.9. The van der Waals surface area contributed by atoms with Crippen LogP contribution in [0.1, 0.15) is 11.1 Å². The molecule has 110 valence electrons. The summed E-state index contributed by atoms with van der Waals surface area (Å²) in [7, 11) is 0.116. The molecule has 0 amide bonds. The second kappa shape index (κ2) is 8.34. The minimum absolute atomic E-state index is 0.116. The average molecular weight is 286 g/mol. The maximum Gasteiger partial charge on any atom is 0.576 e. The third-order valence-corrected chi connectivity index (χ3v) is 3.05. The van der Waals surface area contributed by atoms with E-state index in [1.165, 1.54) is 0 Å². The van der Waals surface area contributed by atoms with Crippen LogP contribution in [0, 0.1) is 0 Å². The Bertz CT molecular complexity index is 510. The van der Waals surface area contributed by atoms with Gasteiger partial charge in [0, 0.05) is 13.2 Å². The highest BCUT2D eigenvalue weighted by Crippen LogP contribution is 2.16. The summed E-state index contributed by atoms with van der Waals surface area (Å²) >= 11 is 0. The molecule has 21 heavy (non-hydrogen) atoms. The summed E-state index contributed by atoms with van der Waals surface area (Å²) in [5, 5.41) is 17.8. The fourth-order valence-corrected chi connectivity index (χ4v) is 2.01. The first-order valence-electron chi connectivity index (χ1n) is 6.97. The molecule has 0 saturated heterocycles. The number of hydrogen-bond acceptors (Lipinski definition) is 4. The smallest absolute Gasteiger partial charge is 0.529 e. The van der Waals surface area contributed by atoms with Gasteiger partial charge in [-0.05, 0) is 48.2 Å². The van der Waals surface area contributed by atoms with Gasteiger partial charge in [0.2, 0.25) is 0 Å². The molecule has 0 aliphatic carbocycles. The monoisotopic (exact) mass is 286 g/mol. The lowest BCUT2D eigenvalue weighted by atomic mass is 10.1. The Balaban J connectivity index is 1.86. The van der Waals surface area contributed by atoms with Crippen LogP contribution in [0.4, 0.5) is 0 Å². The molecular weight excluding hydrogens is 267 g/mol. The summed E-state index contributed by atoms with van der Waals surface area (Å²) < 4.78 is 11.1. The fourth-order valence-electron chi connectivity index (χ4n) is 2.01. The summed E-state index contributed by atoms with van der Waals surface area (Å²) in [4.78, 5) is 0. The van der Waals surface area contributed by atoms with Crippen molar-refractivity contribution in [3.05, 3.63) is 59.7 Å². The van der Waals surface area contributed by atoms with Crippen molar-refractivity contribution in [2.75, 3.05) is 13.2 Å². The van der Waals surface area contributed by atoms with Gasteiger partial charge in [-0.25, -0.2) is 0 Å². The van der Waals surface area contributed by atoms with Crippen LogP contribution < -0.4 is 9.31 Å². The van der Waals surface area contributed by atoms with Gasteiger partial charge < -0.3 is 19.5 Å². The van der Waals surface area contributed by atoms with Gasteiger partial charge in [0.25, 0.3) is 0 Å². The molecule has 2 aromatic rings. The Hall–Kier alpha value is -1.98. The van der Waals surface area contributed by atoms with Crippen LogP contribution in [0.2, 0.25) is 0 Å². The molecule has 2 N–H and O–H groups in total. The lowest BCUT2D eigenvalue weighted by Crippen LogP contribution is -2.11. The number of benzene rings is 2. The lowest BCUT2D eigenvalue weighted by Gasteiger charge is -2.09. The number of aliphatic hydroxyl groups is 2. The second-order valence-electron chi connectivity index (χ2n) is 4.65. The topological polar surface area (TPSA) is 58.9 Å². The van der Waals surface area contributed by atoms with E-state index in [9.17, 15) is 0 Å². The van der Waals surface area contributed by atoms with Crippen LogP contribution in [-0.4, -0.2) is 31.1 Å². The average Bonchev–Trinajstić information content (AvgIpc) is 2.49. The van der Waals surface area contributed by atoms with Crippen LogP contribution in [0.5, 0.6) is 11.5 Å². The Morgan fingerprint density at radius 2 is 1.24 bits per heavy atom. The van der Waals surface area contributed by atoms with Gasteiger partial charge in [0.1, 0.15) is 11.5 Å². The van der Waals surface area contributed by atoms with E-state index in [0.29, 0.717) is 24.3 Å². The predicted molar refractivity (Wildman–Crippen MR) is 82.9 cm³/mol. The molecule has 0 aliphatic rings. The first kappa shape index (κ1) is 15.4. The van der Waals surface area contributed by atoms with Crippen molar-refractivity contribution in [1.29, 1.82) is 0 Å². The fraction of sp³-hybridized carbons (Fsp3) is 0.250. The summed E-state index contributed by atoms with van der Waals surface area (Å²) in [5.74, 6) is 1.43. The van der Waals surface area contributed by atoms with Crippen molar-refractivity contribution in [2.24, 2.45) is 0 Å². The lowest BCUT2D eigenvalue weighted by molar-refractivity contribution is 0.299. The van der Waals surface area contributed by atoms with E-state index in [2.05, 4.69) is 0 Å². The molecule has 0 atom stereocenters. The highest BCUT2D eigenvalue weighted by atomic mass is 16.6. The van der Waals surface area contributed by atoms with E-state index in [-0.39, 0.29) is 20.9 Å². The van der Waals surface area contributed by atoms with Crippen molar-refractivity contribution in [3.8, 4) is 11.5 Å². The van der Waals surface area contributed by atoms with Crippen LogP contribution in [-0.2, 0) is 12.8 Å². The summed E-state index contributed by atoms with van der Waals surface area (Å²) in [6.45, 7) is 0.245. The third kappa shape index (κ3) is 5.13. The molecular formula is C16H19BO4. The first-order chi connectivity index (χ1) is 10.3. The van der Waals surface area contributed by atoms with Gasteiger partial charge in [0.15, 0.2) is 0 Å². The van der Waals surface area contributed by atoms with Crippen molar-refractivity contribution < 1.29 is 19.5 Å².